The van der Waals surface area contributed by atoms with Gasteiger partial charge in [0, 0.05) is 5.39 Å². The lowest BCUT2D eigenvalue weighted by atomic mass is 10.1. The molecule has 2 rings (SSSR count). The zero-order chi connectivity index (χ0) is 13.3. The van der Waals surface area contributed by atoms with Gasteiger partial charge in [0.1, 0.15) is 4.88 Å². The fourth-order valence-corrected chi connectivity index (χ4v) is 5.73. The van der Waals surface area contributed by atoms with Gasteiger partial charge in [0.05, 0.1) is 18.9 Å². The molecule has 0 fully saturated rings. The first-order chi connectivity index (χ1) is 8.52. The van der Waals surface area contributed by atoms with E-state index < -0.39 is 0 Å². The molecule has 0 amide bonds. The molecular formula is C12H12Br2O2S2. The van der Waals surface area contributed by atoms with Gasteiger partial charge >= 0.3 is 5.97 Å². The van der Waals surface area contributed by atoms with E-state index in [1.54, 1.807) is 11.3 Å². The minimum absolute atomic E-state index is 0.222. The lowest BCUT2D eigenvalue weighted by Crippen LogP contribution is -2.10. The van der Waals surface area contributed by atoms with Crippen molar-refractivity contribution in [3.8, 4) is 0 Å². The summed E-state index contributed by atoms with van der Waals surface area (Å²) in [5.41, 5.74) is 0. The maximum atomic E-state index is 11.9. The lowest BCUT2D eigenvalue weighted by Gasteiger charge is -2.08. The molecule has 0 aliphatic heterocycles. The summed E-state index contributed by atoms with van der Waals surface area (Å²) < 4.78 is 8.50. The molecule has 0 spiro atoms. The fraction of sp³-hybridized carbons (Fsp3) is 0.417. The molecule has 2 aromatic rings. The van der Waals surface area contributed by atoms with Gasteiger partial charge in [-0.2, -0.15) is 0 Å². The van der Waals surface area contributed by atoms with Crippen LogP contribution in [0.25, 0.3) is 10.1 Å². The third-order valence-electron chi connectivity index (χ3n) is 2.70. The van der Waals surface area contributed by atoms with Crippen LogP contribution in [0.2, 0.25) is 0 Å². The topological polar surface area (TPSA) is 26.3 Å². The Morgan fingerprint density at radius 2 is 2.11 bits per heavy atom. The van der Waals surface area contributed by atoms with Crippen molar-refractivity contribution >= 4 is 70.6 Å². The molecule has 6 heteroatoms. The predicted octanol–water partition coefficient (Wildman–Crippen LogP) is 5.69. The van der Waals surface area contributed by atoms with Crippen molar-refractivity contribution in [3.63, 3.8) is 0 Å². The van der Waals surface area contributed by atoms with E-state index in [0.29, 0.717) is 17.4 Å². The Balaban J connectivity index is 2.16. The Hall–Kier alpha value is 0.0900. The Bertz CT molecular complexity index is 539. The van der Waals surface area contributed by atoms with Crippen molar-refractivity contribution in [1.82, 2.24) is 0 Å². The average molecular weight is 412 g/mol. The smallest absolute Gasteiger partial charge is 0.348 e. The highest BCUT2D eigenvalue weighted by atomic mass is 79.9. The van der Waals surface area contributed by atoms with Crippen LogP contribution >= 0.6 is 54.5 Å². The number of hydrogen-bond acceptors (Lipinski definition) is 4. The van der Waals surface area contributed by atoms with Crippen LogP contribution < -0.4 is 0 Å². The maximum absolute atomic E-state index is 11.9. The normalized spacial score (nSPS) is 12.9. The number of hydrogen-bond donors (Lipinski definition) is 0. The van der Waals surface area contributed by atoms with Crippen LogP contribution in [-0.2, 0) is 4.74 Å². The highest BCUT2D eigenvalue weighted by molar-refractivity contribution is 9.12. The molecular weight excluding hydrogens is 400 g/mol. The molecule has 0 radical (unpaired) electrons. The number of carbonyl (C=O) groups is 1. The minimum Gasteiger partial charge on any atom is -0.461 e. The van der Waals surface area contributed by atoms with Crippen molar-refractivity contribution in [3.05, 3.63) is 18.5 Å². The monoisotopic (exact) mass is 410 g/mol. The van der Waals surface area contributed by atoms with Crippen LogP contribution in [-0.4, -0.2) is 12.6 Å². The van der Waals surface area contributed by atoms with Crippen LogP contribution in [0.4, 0.5) is 0 Å². The van der Waals surface area contributed by atoms with Crippen molar-refractivity contribution in [1.29, 1.82) is 0 Å². The van der Waals surface area contributed by atoms with E-state index in [9.17, 15) is 4.79 Å². The molecule has 0 saturated heterocycles. The third-order valence-corrected chi connectivity index (χ3v) is 6.80. The maximum Gasteiger partial charge on any atom is 0.348 e. The first-order valence-electron chi connectivity index (χ1n) is 5.57. The summed E-state index contributed by atoms with van der Waals surface area (Å²) in [6.45, 7) is 4.66. The van der Waals surface area contributed by atoms with Gasteiger partial charge in [0.15, 0.2) is 0 Å². The van der Waals surface area contributed by atoms with E-state index in [1.807, 2.05) is 6.07 Å². The summed E-state index contributed by atoms with van der Waals surface area (Å²) in [6, 6.07) is 1.89. The number of esters is 1. The van der Waals surface area contributed by atoms with Gasteiger partial charge in [-0.15, -0.1) is 22.7 Å². The summed E-state index contributed by atoms with van der Waals surface area (Å²) in [6.07, 6.45) is 1.02. The summed E-state index contributed by atoms with van der Waals surface area (Å²) >= 11 is 10.1. The standard InChI is InChI=1S/C12H12Br2O2S2/c1-3-6(2)5-16-12(15)8-4-7-9(17-8)11(14)18-10(7)13/h4,6H,3,5H2,1-2H3. The van der Waals surface area contributed by atoms with E-state index >= 15 is 0 Å². The molecule has 2 nitrogen and oxygen atoms in total. The second kappa shape index (κ2) is 6.03. The van der Waals surface area contributed by atoms with Gasteiger partial charge in [0.25, 0.3) is 0 Å². The van der Waals surface area contributed by atoms with Crippen molar-refractivity contribution < 1.29 is 9.53 Å². The zero-order valence-corrected chi connectivity index (χ0v) is 14.8. The molecule has 0 aromatic carbocycles. The molecule has 1 unspecified atom stereocenters. The van der Waals surface area contributed by atoms with Crippen molar-refractivity contribution in [2.24, 2.45) is 5.92 Å². The molecule has 0 saturated carbocycles. The largest absolute Gasteiger partial charge is 0.461 e. The number of carbonyl (C=O) groups excluding carboxylic acids is 1. The van der Waals surface area contributed by atoms with Gasteiger partial charge in [-0.05, 0) is 43.8 Å². The summed E-state index contributed by atoms with van der Waals surface area (Å²) in [5.74, 6) is 0.188. The molecule has 98 valence electrons. The lowest BCUT2D eigenvalue weighted by molar-refractivity contribution is 0.0453. The molecule has 2 aromatic heterocycles. The summed E-state index contributed by atoms with van der Waals surface area (Å²) in [5, 5.41) is 1.08. The Kier molecular flexibility index (Phi) is 4.86. The first-order valence-corrected chi connectivity index (χ1v) is 8.79. The summed E-state index contributed by atoms with van der Waals surface area (Å²) in [7, 11) is 0. The van der Waals surface area contributed by atoms with Crippen LogP contribution in [0.3, 0.4) is 0 Å². The molecule has 1 atom stereocenters. The molecule has 0 aliphatic carbocycles. The van der Waals surface area contributed by atoms with Crippen molar-refractivity contribution in [2.45, 2.75) is 20.3 Å². The summed E-state index contributed by atoms with van der Waals surface area (Å²) in [4.78, 5) is 12.6. The Labute approximate surface area is 131 Å². The van der Waals surface area contributed by atoms with Crippen LogP contribution in [0.5, 0.6) is 0 Å². The molecule has 18 heavy (non-hydrogen) atoms. The van der Waals surface area contributed by atoms with Gasteiger partial charge < -0.3 is 4.74 Å². The highest BCUT2D eigenvalue weighted by Gasteiger charge is 2.17. The quantitative estimate of drug-likeness (QED) is 0.604. The SMILES string of the molecule is CCC(C)COC(=O)c1cc2c(Br)sc(Br)c2s1. The van der Waals surface area contributed by atoms with Crippen LogP contribution in [0, 0.1) is 5.92 Å². The number of thiophene rings is 2. The van der Waals surface area contributed by atoms with E-state index in [0.717, 1.165) is 24.1 Å². The Morgan fingerprint density at radius 1 is 1.39 bits per heavy atom. The molecule has 2 heterocycles. The van der Waals surface area contributed by atoms with E-state index in [-0.39, 0.29) is 5.97 Å². The number of fused-ring (bicyclic) bond motifs is 1. The fourth-order valence-electron chi connectivity index (χ4n) is 1.37. The predicted molar refractivity (Wildman–Crippen MR) is 84.8 cm³/mol. The Morgan fingerprint density at radius 3 is 2.72 bits per heavy atom. The average Bonchev–Trinajstić information content (AvgIpc) is 2.89. The van der Waals surface area contributed by atoms with Gasteiger partial charge in [-0.25, -0.2) is 4.79 Å². The number of halogens is 2. The van der Waals surface area contributed by atoms with Crippen molar-refractivity contribution in [2.75, 3.05) is 6.61 Å². The number of ether oxygens (including phenoxy) is 1. The number of rotatable bonds is 4. The second-order valence-electron chi connectivity index (χ2n) is 4.11. The van der Waals surface area contributed by atoms with Crippen LogP contribution in [0.1, 0.15) is 29.9 Å². The van der Waals surface area contributed by atoms with E-state index in [2.05, 4.69) is 45.7 Å². The minimum atomic E-state index is -0.222. The van der Waals surface area contributed by atoms with E-state index in [1.165, 1.54) is 11.3 Å². The highest BCUT2D eigenvalue weighted by Crippen LogP contribution is 2.43. The second-order valence-corrected chi connectivity index (χ2v) is 8.82. The van der Waals surface area contributed by atoms with E-state index in [4.69, 9.17) is 4.74 Å². The van der Waals surface area contributed by atoms with Gasteiger partial charge in [-0.3, -0.25) is 0 Å². The first kappa shape index (κ1) is 14.5. The van der Waals surface area contributed by atoms with Gasteiger partial charge in [-0.1, -0.05) is 20.3 Å². The zero-order valence-electron chi connectivity index (χ0n) is 9.96. The third kappa shape index (κ3) is 2.98. The molecule has 0 N–H and O–H groups in total. The molecule has 0 bridgehead atoms. The van der Waals surface area contributed by atoms with Gasteiger partial charge in [0.2, 0.25) is 0 Å². The molecule has 0 aliphatic rings. The van der Waals surface area contributed by atoms with Crippen LogP contribution in [0.15, 0.2) is 13.6 Å².